The Morgan fingerprint density at radius 2 is 1.66 bits per heavy atom. The number of guanidine groups is 1. The van der Waals surface area contributed by atoms with E-state index >= 15 is 0 Å². The zero-order chi connectivity index (χ0) is 22.1. The predicted molar refractivity (Wildman–Crippen MR) is 126 cm³/mol. The van der Waals surface area contributed by atoms with Crippen LogP contribution in [0.5, 0.6) is 0 Å². The van der Waals surface area contributed by atoms with Crippen LogP contribution in [-0.4, -0.2) is 49.4 Å². The van der Waals surface area contributed by atoms with Gasteiger partial charge in [0.2, 0.25) is 11.8 Å². The number of imide groups is 1. The van der Waals surface area contributed by atoms with Crippen molar-refractivity contribution in [1.29, 1.82) is 0 Å². The van der Waals surface area contributed by atoms with E-state index in [9.17, 15) is 9.59 Å². The molecule has 166 valence electrons. The van der Waals surface area contributed by atoms with Crippen LogP contribution in [0.3, 0.4) is 0 Å². The molecule has 0 radical (unpaired) electrons. The van der Waals surface area contributed by atoms with E-state index in [4.69, 9.17) is 0 Å². The highest BCUT2D eigenvalue weighted by atomic mass is 16.2. The number of amides is 2. The van der Waals surface area contributed by atoms with Crippen molar-refractivity contribution in [1.82, 2.24) is 15.5 Å². The number of likely N-dealkylation sites (tertiary alicyclic amines) is 1. The number of fused-ring (bicyclic) bond motifs is 6. The Bertz CT molecular complexity index is 1060. The van der Waals surface area contributed by atoms with Gasteiger partial charge in [-0.15, -0.1) is 0 Å². The molecule has 4 unspecified atom stereocenters. The number of allylic oxidation sites excluding steroid dienone is 2. The van der Waals surface area contributed by atoms with Crippen molar-refractivity contribution < 1.29 is 9.59 Å². The number of carbonyl (C=O) groups is 2. The van der Waals surface area contributed by atoms with Gasteiger partial charge < -0.3 is 10.6 Å². The second kappa shape index (κ2) is 8.77. The van der Waals surface area contributed by atoms with Crippen molar-refractivity contribution in [3.05, 3.63) is 60.2 Å². The Kier molecular flexibility index (Phi) is 5.68. The zero-order valence-corrected chi connectivity index (χ0v) is 18.5. The van der Waals surface area contributed by atoms with E-state index in [1.165, 1.54) is 21.2 Å². The summed E-state index contributed by atoms with van der Waals surface area (Å²) in [5.41, 5.74) is 1.28. The highest BCUT2D eigenvalue weighted by molar-refractivity contribution is 6.06. The van der Waals surface area contributed by atoms with Gasteiger partial charge in [0.15, 0.2) is 5.96 Å². The highest BCUT2D eigenvalue weighted by Crippen LogP contribution is 2.52. The van der Waals surface area contributed by atoms with Crippen LogP contribution >= 0.6 is 0 Å². The second-order valence-corrected chi connectivity index (χ2v) is 9.04. The lowest BCUT2D eigenvalue weighted by Crippen LogP contribution is -2.40. The SMILES string of the molecule is CN=C(NCCCN1C(=O)C2C3C=CC(C3)C2C1=O)NCCc1ccc2ccccc2c1. The maximum absolute atomic E-state index is 12.7. The first-order valence-corrected chi connectivity index (χ1v) is 11.6. The fourth-order valence-corrected chi connectivity index (χ4v) is 5.57. The summed E-state index contributed by atoms with van der Waals surface area (Å²) in [5, 5.41) is 9.15. The molecule has 2 N–H and O–H groups in total. The molecule has 1 aliphatic heterocycles. The van der Waals surface area contributed by atoms with E-state index in [-0.39, 0.29) is 35.5 Å². The molecule has 5 rings (SSSR count). The van der Waals surface area contributed by atoms with E-state index in [1.807, 2.05) is 0 Å². The summed E-state index contributed by atoms with van der Waals surface area (Å²) in [4.78, 5) is 31.3. The number of hydrogen-bond donors (Lipinski definition) is 2. The Balaban J connectivity index is 1.05. The number of aliphatic imine (C=N–C) groups is 1. The molecule has 2 fully saturated rings. The molecule has 2 bridgehead atoms. The fourth-order valence-electron chi connectivity index (χ4n) is 5.57. The van der Waals surface area contributed by atoms with E-state index in [0.29, 0.717) is 19.5 Å². The van der Waals surface area contributed by atoms with Gasteiger partial charge in [0, 0.05) is 26.7 Å². The number of benzene rings is 2. The third kappa shape index (κ3) is 3.78. The van der Waals surface area contributed by atoms with Gasteiger partial charge in [-0.3, -0.25) is 19.5 Å². The molecule has 2 aromatic carbocycles. The molecule has 0 spiro atoms. The molecular weight excluding hydrogens is 400 g/mol. The second-order valence-electron chi connectivity index (χ2n) is 9.04. The minimum Gasteiger partial charge on any atom is -0.356 e. The molecule has 1 saturated carbocycles. The third-order valence-electron chi connectivity index (χ3n) is 7.16. The van der Waals surface area contributed by atoms with Crippen molar-refractivity contribution in [3.8, 4) is 0 Å². The van der Waals surface area contributed by atoms with Gasteiger partial charge in [-0.05, 0) is 47.4 Å². The molecule has 0 aromatic heterocycles. The normalized spacial score (nSPS) is 26.3. The number of carbonyl (C=O) groups excluding carboxylic acids is 2. The summed E-state index contributed by atoms with van der Waals surface area (Å²) in [6.45, 7) is 1.92. The Labute approximate surface area is 188 Å². The summed E-state index contributed by atoms with van der Waals surface area (Å²) >= 11 is 0. The largest absolute Gasteiger partial charge is 0.356 e. The van der Waals surface area contributed by atoms with Gasteiger partial charge in [-0.25, -0.2) is 0 Å². The Morgan fingerprint density at radius 1 is 0.969 bits per heavy atom. The van der Waals surface area contributed by atoms with Gasteiger partial charge in [0.05, 0.1) is 11.8 Å². The maximum atomic E-state index is 12.7. The number of rotatable bonds is 7. The van der Waals surface area contributed by atoms with Crippen LogP contribution in [0.25, 0.3) is 10.8 Å². The lowest BCUT2D eigenvalue weighted by molar-refractivity contribution is -0.140. The standard InChI is InChI=1S/C26H30N4O2/c1-27-26(29-13-11-17-7-8-18-5-2-3-6-19(18)15-17)28-12-4-14-30-24(31)22-20-9-10-21(16-20)23(22)25(30)32/h2-3,5-10,15,20-23H,4,11-14,16H2,1H3,(H2,27,28,29). The Hall–Kier alpha value is -3.15. The molecule has 6 nitrogen and oxygen atoms in total. The van der Waals surface area contributed by atoms with Crippen molar-refractivity contribution in [3.63, 3.8) is 0 Å². The van der Waals surface area contributed by atoms with Gasteiger partial charge in [0.25, 0.3) is 0 Å². The molecule has 1 heterocycles. The molecule has 6 heteroatoms. The first kappa shape index (κ1) is 20.7. The van der Waals surface area contributed by atoms with Crippen LogP contribution in [0, 0.1) is 23.7 Å². The smallest absolute Gasteiger partial charge is 0.233 e. The summed E-state index contributed by atoms with van der Waals surface area (Å²) in [5.74, 6) is 1.16. The summed E-state index contributed by atoms with van der Waals surface area (Å²) in [7, 11) is 1.75. The Morgan fingerprint density at radius 3 is 2.38 bits per heavy atom. The van der Waals surface area contributed by atoms with Crippen LogP contribution in [0.15, 0.2) is 59.6 Å². The average Bonchev–Trinajstić information content (AvgIpc) is 3.50. The minimum absolute atomic E-state index is 0.0368. The van der Waals surface area contributed by atoms with Gasteiger partial charge >= 0.3 is 0 Å². The van der Waals surface area contributed by atoms with Crippen LogP contribution in [-0.2, 0) is 16.0 Å². The van der Waals surface area contributed by atoms with E-state index in [2.05, 4.69) is 70.2 Å². The average molecular weight is 431 g/mol. The number of nitrogens with one attached hydrogen (secondary N) is 2. The van der Waals surface area contributed by atoms with Crippen molar-refractivity contribution in [2.24, 2.45) is 28.7 Å². The van der Waals surface area contributed by atoms with Crippen LogP contribution < -0.4 is 10.6 Å². The monoisotopic (exact) mass is 430 g/mol. The lowest BCUT2D eigenvalue weighted by Gasteiger charge is -2.18. The summed E-state index contributed by atoms with van der Waals surface area (Å²) < 4.78 is 0. The maximum Gasteiger partial charge on any atom is 0.233 e. The molecule has 4 atom stereocenters. The zero-order valence-electron chi connectivity index (χ0n) is 18.5. The summed E-state index contributed by atoms with van der Waals surface area (Å²) in [6.07, 6.45) is 6.86. The minimum atomic E-state index is -0.102. The number of hydrogen-bond acceptors (Lipinski definition) is 3. The fraction of sp³-hybridized carbons (Fsp3) is 0.423. The van der Waals surface area contributed by atoms with Crippen molar-refractivity contribution >= 4 is 28.5 Å². The molecule has 3 aliphatic rings. The predicted octanol–water partition coefficient (Wildman–Crippen LogP) is 2.74. The number of nitrogens with zero attached hydrogens (tertiary/aromatic N) is 2. The van der Waals surface area contributed by atoms with Crippen molar-refractivity contribution in [2.45, 2.75) is 19.3 Å². The topological polar surface area (TPSA) is 73.8 Å². The molecule has 1 saturated heterocycles. The van der Waals surface area contributed by atoms with E-state index in [0.717, 1.165) is 25.3 Å². The van der Waals surface area contributed by atoms with Crippen LogP contribution in [0.1, 0.15) is 18.4 Å². The first-order valence-electron chi connectivity index (χ1n) is 11.6. The van der Waals surface area contributed by atoms with Gasteiger partial charge in [0.1, 0.15) is 0 Å². The molecule has 2 amide bonds. The lowest BCUT2D eigenvalue weighted by atomic mass is 9.85. The molecular formula is C26H30N4O2. The molecule has 2 aromatic rings. The highest BCUT2D eigenvalue weighted by Gasteiger charge is 2.58. The van der Waals surface area contributed by atoms with Gasteiger partial charge in [-0.2, -0.15) is 0 Å². The molecule has 2 aliphatic carbocycles. The first-order chi connectivity index (χ1) is 15.7. The molecule has 32 heavy (non-hydrogen) atoms. The van der Waals surface area contributed by atoms with E-state index in [1.54, 1.807) is 7.05 Å². The van der Waals surface area contributed by atoms with Crippen LogP contribution in [0.4, 0.5) is 0 Å². The quantitative estimate of drug-likeness (QED) is 0.233. The summed E-state index contributed by atoms with van der Waals surface area (Å²) in [6, 6.07) is 14.9. The third-order valence-corrected chi connectivity index (χ3v) is 7.16. The van der Waals surface area contributed by atoms with Crippen LogP contribution in [0.2, 0.25) is 0 Å². The van der Waals surface area contributed by atoms with E-state index < -0.39 is 0 Å². The van der Waals surface area contributed by atoms with Gasteiger partial charge in [-0.1, -0.05) is 54.6 Å². The van der Waals surface area contributed by atoms with Crippen molar-refractivity contribution in [2.75, 3.05) is 26.7 Å².